The van der Waals surface area contributed by atoms with Gasteiger partial charge in [0, 0.05) is 12.3 Å². The highest BCUT2D eigenvalue weighted by atomic mass is 16.1. The molecule has 0 heterocycles. The molecule has 3 rings (SSSR count). The van der Waals surface area contributed by atoms with Crippen LogP contribution in [0.4, 0.5) is 0 Å². The molecule has 0 bridgehead atoms. The summed E-state index contributed by atoms with van der Waals surface area (Å²) in [5.41, 5.74) is 0.544. The van der Waals surface area contributed by atoms with E-state index in [-0.39, 0.29) is 0 Å². The number of ketones is 1. The van der Waals surface area contributed by atoms with Crippen molar-refractivity contribution in [1.82, 2.24) is 0 Å². The predicted octanol–water partition coefficient (Wildman–Crippen LogP) is 3.28. The van der Waals surface area contributed by atoms with E-state index in [0.717, 1.165) is 30.1 Å². The third-order valence-electron chi connectivity index (χ3n) is 5.72. The van der Waals surface area contributed by atoms with E-state index in [4.69, 9.17) is 0 Å². The molecule has 0 aromatic rings. The number of Topliss-reactive ketones (excluding diaryl/α,β-unsaturated/α-hetero) is 1. The largest absolute Gasteiger partial charge is 0.299 e. The highest BCUT2D eigenvalue weighted by Crippen LogP contribution is 2.69. The molecule has 0 saturated heterocycles. The van der Waals surface area contributed by atoms with Crippen LogP contribution in [-0.2, 0) is 4.79 Å². The van der Waals surface area contributed by atoms with Crippen molar-refractivity contribution in [2.24, 2.45) is 35.0 Å². The topological polar surface area (TPSA) is 17.1 Å². The molecule has 0 unspecified atom stereocenters. The maximum absolute atomic E-state index is 12.0. The van der Waals surface area contributed by atoms with Gasteiger partial charge in [0.25, 0.3) is 0 Å². The third kappa shape index (κ3) is 1.18. The maximum atomic E-state index is 12.0. The molecule has 0 amide bonds. The van der Waals surface area contributed by atoms with Gasteiger partial charge in [0.05, 0.1) is 0 Å². The molecule has 3 aliphatic rings. The summed E-state index contributed by atoms with van der Waals surface area (Å²) in [4.78, 5) is 12.0. The van der Waals surface area contributed by atoms with E-state index in [1.165, 1.54) is 19.3 Å². The van der Waals surface area contributed by atoms with E-state index in [1.807, 2.05) is 0 Å². The monoisotopic (exact) mass is 206 g/mol. The van der Waals surface area contributed by atoms with E-state index in [2.05, 4.69) is 20.8 Å². The van der Waals surface area contributed by atoms with E-state index in [0.29, 0.717) is 17.1 Å². The molecule has 0 aliphatic heterocycles. The van der Waals surface area contributed by atoms with Gasteiger partial charge in [-0.1, -0.05) is 20.8 Å². The minimum absolute atomic E-state index is 0.441. The van der Waals surface area contributed by atoms with Gasteiger partial charge in [0.1, 0.15) is 5.78 Å². The highest BCUT2D eigenvalue weighted by molar-refractivity contribution is 5.82. The van der Waals surface area contributed by atoms with Crippen LogP contribution >= 0.6 is 0 Å². The van der Waals surface area contributed by atoms with Crippen molar-refractivity contribution in [2.45, 2.75) is 46.5 Å². The van der Waals surface area contributed by atoms with Crippen LogP contribution in [0.1, 0.15) is 46.5 Å². The molecule has 5 atom stereocenters. The van der Waals surface area contributed by atoms with Crippen molar-refractivity contribution in [3.63, 3.8) is 0 Å². The van der Waals surface area contributed by atoms with Crippen molar-refractivity contribution in [3.8, 4) is 0 Å². The molecule has 1 nitrogen and oxygen atoms in total. The number of carbonyl (C=O) groups is 1. The molecule has 0 aromatic carbocycles. The summed E-state index contributed by atoms with van der Waals surface area (Å²) in [5.74, 6) is 4.29. The normalized spacial score (nSPS) is 51.9. The number of carbonyl (C=O) groups excluding carboxylic acids is 1. The standard InChI is InChI=1S/C14H22O/c1-8-4-5-9-11(15)7-6-10-13(12(8)9)14(10,2)3/h8-10,12-13H,4-7H2,1-3H3/t8-,9+,10-,12-,13-/m1/s1. The molecule has 3 fully saturated rings. The third-order valence-corrected chi connectivity index (χ3v) is 5.72. The smallest absolute Gasteiger partial charge is 0.136 e. The Morgan fingerprint density at radius 2 is 1.93 bits per heavy atom. The Balaban J connectivity index is 1.93. The lowest BCUT2D eigenvalue weighted by Gasteiger charge is -2.22. The second-order valence-electron chi connectivity index (χ2n) is 6.70. The fourth-order valence-corrected chi connectivity index (χ4v) is 4.79. The summed E-state index contributed by atoms with van der Waals surface area (Å²) in [6.07, 6.45) is 4.53. The van der Waals surface area contributed by atoms with Gasteiger partial charge >= 0.3 is 0 Å². The van der Waals surface area contributed by atoms with Crippen molar-refractivity contribution in [3.05, 3.63) is 0 Å². The Morgan fingerprint density at radius 1 is 1.20 bits per heavy atom. The molecule has 0 aromatic heterocycles. The minimum atomic E-state index is 0.441. The second kappa shape index (κ2) is 2.87. The zero-order valence-corrected chi connectivity index (χ0v) is 10.1. The van der Waals surface area contributed by atoms with Crippen LogP contribution in [0.15, 0.2) is 0 Å². The molecule has 3 aliphatic carbocycles. The van der Waals surface area contributed by atoms with Gasteiger partial charge in [-0.15, -0.1) is 0 Å². The first-order chi connectivity index (χ1) is 7.03. The molecule has 0 spiro atoms. The Kier molecular flexibility index (Phi) is 1.88. The number of fused-ring (bicyclic) bond motifs is 3. The van der Waals surface area contributed by atoms with E-state index < -0.39 is 0 Å². The molecular formula is C14H22O. The lowest BCUT2D eigenvalue weighted by atomic mass is 9.81. The van der Waals surface area contributed by atoms with Crippen LogP contribution in [0.25, 0.3) is 0 Å². The van der Waals surface area contributed by atoms with Crippen LogP contribution in [0.3, 0.4) is 0 Å². The number of rotatable bonds is 0. The van der Waals surface area contributed by atoms with Crippen LogP contribution in [0.5, 0.6) is 0 Å². The van der Waals surface area contributed by atoms with Crippen LogP contribution in [-0.4, -0.2) is 5.78 Å². The summed E-state index contributed by atoms with van der Waals surface area (Å²) >= 11 is 0. The van der Waals surface area contributed by atoms with E-state index >= 15 is 0 Å². The van der Waals surface area contributed by atoms with Crippen LogP contribution in [0.2, 0.25) is 0 Å². The Hall–Kier alpha value is -0.330. The summed E-state index contributed by atoms with van der Waals surface area (Å²) in [7, 11) is 0. The molecule has 84 valence electrons. The second-order valence-corrected chi connectivity index (χ2v) is 6.70. The molecule has 15 heavy (non-hydrogen) atoms. The van der Waals surface area contributed by atoms with Gasteiger partial charge in [-0.05, 0) is 48.3 Å². The quantitative estimate of drug-likeness (QED) is 0.594. The minimum Gasteiger partial charge on any atom is -0.299 e. The lowest BCUT2D eigenvalue weighted by molar-refractivity contribution is -0.124. The Labute approximate surface area is 92.6 Å². The summed E-state index contributed by atoms with van der Waals surface area (Å²) in [6, 6.07) is 0. The van der Waals surface area contributed by atoms with Gasteiger partial charge < -0.3 is 0 Å². The number of hydrogen-bond acceptors (Lipinski definition) is 1. The number of hydrogen-bond donors (Lipinski definition) is 0. The summed E-state index contributed by atoms with van der Waals surface area (Å²) in [5, 5.41) is 0. The van der Waals surface area contributed by atoms with E-state index in [1.54, 1.807) is 0 Å². The average Bonchev–Trinajstić information content (AvgIpc) is 2.55. The Bertz CT molecular complexity index is 304. The van der Waals surface area contributed by atoms with Gasteiger partial charge in [0.2, 0.25) is 0 Å². The highest BCUT2D eigenvalue weighted by Gasteiger charge is 2.65. The zero-order chi connectivity index (χ0) is 10.8. The first kappa shape index (κ1) is 9.86. The van der Waals surface area contributed by atoms with Crippen molar-refractivity contribution in [1.29, 1.82) is 0 Å². The SMILES string of the molecule is C[C@@H]1CC[C@H]2C(=O)CC[C@@H]3[C@H]([C@H]12)C3(C)C. The molecule has 3 saturated carbocycles. The van der Waals surface area contributed by atoms with Gasteiger partial charge in [-0.2, -0.15) is 0 Å². The van der Waals surface area contributed by atoms with Gasteiger partial charge in [-0.3, -0.25) is 4.79 Å². The van der Waals surface area contributed by atoms with Crippen LogP contribution in [0, 0.1) is 35.0 Å². The first-order valence-corrected chi connectivity index (χ1v) is 6.56. The molecule has 1 heteroatoms. The lowest BCUT2D eigenvalue weighted by Crippen LogP contribution is -2.23. The summed E-state index contributed by atoms with van der Waals surface area (Å²) in [6.45, 7) is 7.20. The molecule has 0 radical (unpaired) electrons. The molecule has 0 N–H and O–H groups in total. The average molecular weight is 206 g/mol. The fourth-order valence-electron chi connectivity index (χ4n) is 4.79. The van der Waals surface area contributed by atoms with Gasteiger partial charge in [0.15, 0.2) is 0 Å². The van der Waals surface area contributed by atoms with Crippen molar-refractivity contribution < 1.29 is 4.79 Å². The fraction of sp³-hybridized carbons (Fsp3) is 0.929. The molecular weight excluding hydrogens is 184 g/mol. The van der Waals surface area contributed by atoms with Crippen molar-refractivity contribution in [2.75, 3.05) is 0 Å². The van der Waals surface area contributed by atoms with E-state index in [9.17, 15) is 4.79 Å². The first-order valence-electron chi connectivity index (χ1n) is 6.56. The van der Waals surface area contributed by atoms with Gasteiger partial charge in [-0.25, -0.2) is 0 Å². The predicted molar refractivity (Wildman–Crippen MR) is 60.4 cm³/mol. The Morgan fingerprint density at radius 3 is 2.67 bits per heavy atom. The zero-order valence-electron chi connectivity index (χ0n) is 10.1. The van der Waals surface area contributed by atoms with Crippen molar-refractivity contribution >= 4 is 5.78 Å². The maximum Gasteiger partial charge on any atom is 0.136 e. The summed E-state index contributed by atoms with van der Waals surface area (Å²) < 4.78 is 0. The van der Waals surface area contributed by atoms with Crippen LogP contribution < -0.4 is 0 Å².